The van der Waals surface area contributed by atoms with Crippen molar-refractivity contribution in [1.82, 2.24) is 0 Å². The molecule has 0 unspecified atom stereocenters. The highest BCUT2D eigenvalue weighted by Crippen LogP contribution is 2.24. The van der Waals surface area contributed by atoms with Gasteiger partial charge >= 0.3 is 0 Å². The SMILES string of the molecule is CC(C)CCC(CCCBr)CCC(C)C. The van der Waals surface area contributed by atoms with Crippen molar-refractivity contribution < 1.29 is 0 Å². The Morgan fingerprint density at radius 1 is 0.733 bits per heavy atom. The molecule has 0 bridgehead atoms. The minimum Gasteiger partial charge on any atom is -0.0928 e. The third-order valence-electron chi connectivity index (χ3n) is 3.05. The largest absolute Gasteiger partial charge is 0.0928 e. The molecule has 0 saturated heterocycles. The van der Waals surface area contributed by atoms with Crippen LogP contribution in [0.2, 0.25) is 0 Å². The lowest BCUT2D eigenvalue weighted by molar-refractivity contribution is 0.349. The van der Waals surface area contributed by atoms with Crippen LogP contribution < -0.4 is 0 Å². The molecule has 0 nitrogen and oxygen atoms in total. The molecule has 0 spiro atoms. The summed E-state index contributed by atoms with van der Waals surface area (Å²) in [6.45, 7) is 9.35. The Morgan fingerprint density at radius 3 is 1.53 bits per heavy atom. The lowest BCUT2D eigenvalue weighted by atomic mass is 9.88. The molecule has 0 rings (SSSR count). The van der Waals surface area contributed by atoms with Crippen LogP contribution in [0.1, 0.15) is 66.2 Å². The fourth-order valence-electron chi connectivity index (χ4n) is 1.94. The Bertz CT molecular complexity index is 117. The predicted molar refractivity (Wildman–Crippen MR) is 74.7 cm³/mol. The van der Waals surface area contributed by atoms with Gasteiger partial charge < -0.3 is 0 Å². The number of hydrogen-bond donors (Lipinski definition) is 0. The molecule has 0 heterocycles. The van der Waals surface area contributed by atoms with E-state index in [-0.39, 0.29) is 0 Å². The summed E-state index contributed by atoms with van der Waals surface area (Å²) in [5.74, 6) is 2.72. The highest BCUT2D eigenvalue weighted by molar-refractivity contribution is 9.09. The van der Waals surface area contributed by atoms with Crippen molar-refractivity contribution in [2.45, 2.75) is 66.2 Å². The summed E-state index contributed by atoms with van der Waals surface area (Å²) in [5.41, 5.74) is 0. The summed E-state index contributed by atoms with van der Waals surface area (Å²) in [5, 5.41) is 1.17. The molecule has 0 radical (unpaired) electrons. The average molecular weight is 277 g/mol. The van der Waals surface area contributed by atoms with Crippen LogP contribution in [0.15, 0.2) is 0 Å². The second kappa shape index (κ2) is 9.69. The van der Waals surface area contributed by atoms with Crippen molar-refractivity contribution in [2.24, 2.45) is 17.8 Å². The van der Waals surface area contributed by atoms with Crippen molar-refractivity contribution >= 4 is 15.9 Å². The maximum Gasteiger partial charge on any atom is 0.00314 e. The molecule has 0 N–H and O–H groups in total. The Labute approximate surface area is 105 Å². The van der Waals surface area contributed by atoms with Crippen molar-refractivity contribution in [3.63, 3.8) is 0 Å². The molecule has 0 aromatic carbocycles. The summed E-state index contributed by atoms with van der Waals surface area (Å²) in [7, 11) is 0. The molecule has 15 heavy (non-hydrogen) atoms. The standard InChI is InChI=1S/C14H29Br/c1-12(2)7-9-14(6-5-11-15)10-8-13(3)4/h12-14H,5-11H2,1-4H3. The first-order chi connectivity index (χ1) is 7.06. The molecule has 0 aromatic rings. The van der Waals surface area contributed by atoms with Gasteiger partial charge in [0.2, 0.25) is 0 Å². The molecule has 0 saturated carbocycles. The first kappa shape index (κ1) is 15.5. The summed E-state index contributed by atoms with van der Waals surface area (Å²) in [4.78, 5) is 0. The van der Waals surface area contributed by atoms with Gasteiger partial charge in [-0.1, -0.05) is 69.3 Å². The average Bonchev–Trinajstić information content (AvgIpc) is 2.16. The number of halogens is 1. The van der Waals surface area contributed by atoms with E-state index in [0.29, 0.717) is 0 Å². The maximum atomic E-state index is 3.54. The van der Waals surface area contributed by atoms with Gasteiger partial charge in [-0.15, -0.1) is 0 Å². The van der Waals surface area contributed by atoms with E-state index >= 15 is 0 Å². The monoisotopic (exact) mass is 276 g/mol. The third kappa shape index (κ3) is 10.8. The minimum absolute atomic E-state index is 0.871. The molecule has 0 aliphatic rings. The van der Waals surface area contributed by atoms with Crippen LogP contribution in [-0.4, -0.2) is 5.33 Å². The van der Waals surface area contributed by atoms with Crippen LogP contribution in [0, 0.1) is 17.8 Å². The van der Waals surface area contributed by atoms with Gasteiger partial charge in [-0.25, -0.2) is 0 Å². The molecule has 0 aliphatic carbocycles. The van der Waals surface area contributed by atoms with Crippen LogP contribution in [0.5, 0.6) is 0 Å². The van der Waals surface area contributed by atoms with Gasteiger partial charge in [0.15, 0.2) is 0 Å². The third-order valence-corrected chi connectivity index (χ3v) is 3.61. The van der Waals surface area contributed by atoms with Gasteiger partial charge in [-0.05, 0) is 30.6 Å². The molecular weight excluding hydrogens is 248 g/mol. The van der Waals surface area contributed by atoms with Crippen LogP contribution in [0.3, 0.4) is 0 Å². The van der Waals surface area contributed by atoms with E-state index in [2.05, 4.69) is 43.6 Å². The van der Waals surface area contributed by atoms with E-state index in [4.69, 9.17) is 0 Å². The second-order valence-electron chi connectivity index (χ2n) is 5.64. The van der Waals surface area contributed by atoms with Crippen molar-refractivity contribution in [3.8, 4) is 0 Å². The van der Waals surface area contributed by atoms with E-state index in [9.17, 15) is 0 Å². The summed E-state index contributed by atoms with van der Waals surface area (Å²) < 4.78 is 0. The Kier molecular flexibility index (Phi) is 10.00. The van der Waals surface area contributed by atoms with E-state index in [0.717, 1.165) is 17.8 Å². The smallest absolute Gasteiger partial charge is 0.00314 e. The summed E-state index contributed by atoms with van der Waals surface area (Å²) in [6.07, 6.45) is 8.47. The zero-order chi connectivity index (χ0) is 11.7. The summed E-state index contributed by atoms with van der Waals surface area (Å²) >= 11 is 3.54. The number of rotatable bonds is 9. The molecule has 92 valence electrons. The number of hydrogen-bond acceptors (Lipinski definition) is 0. The Hall–Kier alpha value is 0.480. The molecule has 0 amide bonds. The Morgan fingerprint density at radius 2 is 1.20 bits per heavy atom. The quantitative estimate of drug-likeness (QED) is 0.478. The maximum absolute atomic E-state index is 3.54. The highest BCUT2D eigenvalue weighted by atomic mass is 79.9. The van der Waals surface area contributed by atoms with Crippen molar-refractivity contribution in [3.05, 3.63) is 0 Å². The van der Waals surface area contributed by atoms with E-state index in [1.165, 1.54) is 43.9 Å². The van der Waals surface area contributed by atoms with Gasteiger partial charge in [-0.2, -0.15) is 0 Å². The molecule has 0 atom stereocenters. The summed E-state index contributed by atoms with van der Waals surface area (Å²) in [6, 6.07) is 0. The van der Waals surface area contributed by atoms with Gasteiger partial charge in [0.05, 0.1) is 0 Å². The van der Waals surface area contributed by atoms with Gasteiger partial charge in [0.1, 0.15) is 0 Å². The predicted octanol–water partition coefficient (Wildman–Crippen LogP) is 5.65. The Balaban J connectivity index is 3.73. The second-order valence-corrected chi connectivity index (χ2v) is 6.43. The topological polar surface area (TPSA) is 0 Å². The molecule has 0 fully saturated rings. The highest BCUT2D eigenvalue weighted by Gasteiger charge is 2.10. The van der Waals surface area contributed by atoms with Crippen LogP contribution >= 0.6 is 15.9 Å². The van der Waals surface area contributed by atoms with Gasteiger partial charge in [0, 0.05) is 5.33 Å². The fourth-order valence-corrected chi connectivity index (χ4v) is 2.26. The fraction of sp³-hybridized carbons (Fsp3) is 1.00. The van der Waals surface area contributed by atoms with Crippen LogP contribution in [0.25, 0.3) is 0 Å². The lowest BCUT2D eigenvalue weighted by Gasteiger charge is -2.18. The first-order valence-electron chi connectivity index (χ1n) is 6.62. The van der Waals surface area contributed by atoms with E-state index in [1.807, 2.05) is 0 Å². The van der Waals surface area contributed by atoms with E-state index in [1.54, 1.807) is 0 Å². The van der Waals surface area contributed by atoms with Crippen molar-refractivity contribution in [2.75, 3.05) is 5.33 Å². The molecule has 0 aromatic heterocycles. The van der Waals surface area contributed by atoms with Crippen LogP contribution in [0.4, 0.5) is 0 Å². The first-order valence-corrected chi connectivity index (χ1v) is 7.74. The minimum atomic E-state index is 0.871. The zero-order valence-corrected chi connectivity index (χ0v) is 12.6. The van der Waals surface area contributed by atoms with Crippen molar-refractivity contribution in [1.29, 1.82) is 0 Å². The zero-order valence-electron chi connectivity index (χ0n) is 11.1. The molecular formula is C14H29Br. The lowest BCUT2D eigenvalue weighted by Crippen LogP contribution is -2.05. The van der Waals surface area contributed by atoms with Crippen LogP contribution in [-0.2, 0) is 0 Å². The molecule has 0 aliphatic heterocycles. The number of alkyl halides is 1. The van der Waals surface area contributed by atoms with Gasteiger partial charge in [0.25, 0.3) is 0 Å². The van der Waals surface area contributed by atoms with Gasteiger partial charge in [-0.3, -0.25) is 0 Å². The normalized spacial score (nSPS) is 12.0. The molecule has 1 heteroatoms. The van der Waals surface area contributed by atoms with E-state index < -0.39 is 0 Å².